The predicted molar refractivity (Wildman–Crippen MR) is 218 cm³/mol. The normalized spacial score (nSPS) is 36.8. The summed E-state index contributed by atoms with van der Waals surface area (Å²) in [5, 5.41) is 20.7. The molecular weight excluding hydrogens is 761 g/mol. The summed E-state index contributed by atoms with van der Waals surface area (Å²) in [4.78, 5) is 56.8. The van der Waals surface area contributed by atoms with Gasteiger partial charge in [0.1, 0.15) is 23.6 Å². The van der Waals surface area contributed by atoms with Crippen molar-refractivity contribution in [3.63, 3.8) is 0 Å². The van der Waals surface area contributed by atoms with E-state index in [0.29, 0.717) is 57.6 Å². The Morgan fingerprint density at radius 2 is 1.81 bits per heavy atom. The van der Waals surface area contributed by atoms with Gasteiger partial charge >= 0.3 is 12.1 Å². The number of fused-ring (bicyclic) bond motifs is 3. The second-order valence-corrected chi connectivity index (χ2v) is 17.8. The first kappa shape index (κ1) is 46.5. The van der Waals surface area contributed by atoms with Crippen LogP contribution in [-0.2, 0) is 39.9 Å². The first-order chi connectivity index (χ1) is 27.9. The van der Waals surface area contributed by atoms with E-state index in [0.717, 1.165) is 11.1 Å². The number of Topliss-reactive ketones (excluding diaryl/α,β-unsaturated/α-hetero) is 1. The molecule has 15 nitrogen and oxygen atoms in total. The quantitative estimate of drug-likeness (QED) is 0.0546. The van der Waals surface area contributed by atoms with Crippen molar-refractivity contribution in [2.45, 2.75) is 141 Å². The minimum absolute atomic E-state index is 0.109. The summed E-state index contributed by atoms with van der Waals surface area (Å²) in [6.07, 6.45) is -0.636. The maximum atomic E-state index is 14.4. The number of aliphatic hydroxyl groups excluding tert-OH is 1. The zero-order valence-corrected chi connectivity index (χ0v) is 36.2. The van der Waals surface area contributed by atoms with Crippen LogP contribution in [0.1, 0.15) is 92.6 Å². The van der Waals surface area contributed by atoms with Crippen LogP contribution in [-0.4, -0.2) is 125 Å². The number of ether oxygens (including phenoxy) is 5. The van der Waals surface area contributed by atoms with Gasteiger partial charge in [-0.15, -0.1) is 0 Å². The molecule has 2 bridgehead atoms. The Kier molecular flexibility index (Phi) is 15.3. The Morgan fingerprint density at radius 3 is 2.46 bits per heavy atom. The number of nitrogens with one attached hydrogen (secondary N) is 1. The molecule has 4 heterocycles. The summed E-state index contributed by atoms with van der Waals surface area (Å²) < 4.78 is 31.2. The number of hydrogen-bond donors (Lipinski definition) is 4. The van der Waals surface area contributed by atoms with E-state index in [1.165, 1.54) is 0 Å². The lowest BCUT2D eigenvalue weighted by molar-refractivity contribution is -0.174. The number of hydroxylamine groups is 1. The molecule has 2 amide bonds. The standard InChI is InChI=1S/C44H68N4O11/c1-10-36-44(8)40(48(18-17-45)42(53)59-44)27(4)26(3)31-22-43(7,56-24-31)33(28(5)38(50)29(6)41(52)58-36)21-35-39(51)34(20-25(2)57-35)47(9)23-30-13-15-32(16-14-30)55-19-11-12-37(49)46-54/h13-16,25,27-29,31,33-36,39-40,51,54H,3,10-12,17-24,45H2,1-2,4-9H3,(H,46,49)/t25-,27+,28-,29-,31+,33-,34+,35+,36-,39-,40-,43-,44-/m1/s1. The molecule has 5 rings (SSSR count). The van der Waals surface area contributed by atoms with Crippen LogP contribution in [0.25, 0.3) is 0 Å². The molecule has 4 aliphatic heterocycles. The fraction of sp³-hybridized carbons (Fsp3) is 0.727. The molecule has 0 saturated carbocycles. The van der Waals surface area contributed by atoms with E-state index < -0.39 is 71.3 Å². The molecule has 330 valence electrons. The van der Waals surface area contributed by atoms with E-state index in [9.17, 15) is 24.3 Å². The van der Waals surface area contributed by atoms with Gasteiger partial charge in [-0.3, -0.25) is 29.4 Å². The lowest BCUT2D eigenvalue weighted by Gasteiger charge is -2.46. The highest BCUT2D eigenvalue weighted by molar-refractivity contribution is 6.00. The van der Waals surface area contributed by atoms with E-state index in [1.54, 1.807) is 24.2 Å². The number of likely N-dealkylation sites (N-methyl/N-ethyl adjacent to an activating group) is 1. The van der Waals surface area contributed by atoms with E-state index in [2.05, 4.69) is 11.5 Å². The molecule has 13 atom stereocenters. The van der Waals surface area contributed by atoms with Crippen LogP contribution in [0.4, 0.5) is 4.79 Å². The van der Waals surface area contributed by atoms with Gasteiger partial charge in [-0.1, -0.05) is 45.1 Å². The van der Waals surface area contributed by atoms with Crippen molar-refractivity contribution >= 4 is 23.8 Å². The van der Waals surface area contributed by atoms with Crippen molar-refractivity contribution in [3.8, 4) is 5.75 Å². The monoisotopic (exact) mass is 828 g/mol. The first-order valence-electron chi connectivity index (χ1n) is 21.3. The van der Waals surface area contributed by atoms with Crippen LogP contribution < -0.4 is 16.0 Å². The lowest BCUT2D eigenvalue weighted by atomic mass is 9.68. The number of esters is 1. The number of cyclic esters (lactones) is 1. The van der Waals surface area contributed by atoms with Gasteiger partial charge in [-0.05, 0) is 90.5 Å². The first-order valence-corrected chi connectivity index (χ1v) is 21.3. The molecule has 59 heavy (non-hydrogen) atoms. The van der Waals surface area contributed by atoms with E-state index in [-0.39, 0.29) is 49.3 Å². The van der Waals surface area contributed by atoms with Crippen LogP contribution >= 0.6 is 0 Å². The molecule has 0 aliphatic carbocycles. The van der Waals surface area contributed by atoms with E-state index in [1.807, 2.05) is 65.9 Å². The van der Waals surface area contributed by atoms with Crippen LogP contribution in [0.2, 0.25) is 0 Å². The molecule has 1 aromatic rings. The Hall–Kier alpha value is -3.60. The number of carbonyl (C=O) groups is 4. The number of benzene rings is 1. The number of aliphatic hydroxyl groups is 1. The van der Waals surface area contributed by atoms with Gasteiger partial charge in [0, 0.05) is 49.9 Å². The van der Waals surface area contributed by atoms with E-state index >= 15 is 0 Å². The number of ketones is 1. The largest absolute Gasteiger partial charge is 0.494 e. The van der Waals surface area contributed by atoms with Gasteiger partial charge in [0.2, 0.25) is 5.91 Å². The summed E-state index contributed by atoms with van der Waals surface area (Å²) in [5.41, 5.74) is 7.43. The number of amides is 2. The van der Waals surface area contributed by atoms with Gasteiger partial charge in [0.25, 0.3) is 0 Å². The summed E-state index contributed by atoms with van der Waals surface area (Å²) in [6, 6.07) is 6.88. The van der Waals surface area contributed by atoms with Crippen LogP contribution in [0.5, 0.6) is 5.75 Å². The summed E-state index contributed by atoms with van der Waals surface area (Å²) in [6.45, 7) is 19.4. The summed E-state index contributed by atoms with van der Waals surface area (Å²) in [7, 11) is 1.98. The topological polar surface area (TPSA) is 199 Å². The van der Waals surface area contributed by atoms with Crippen molar-refractivity contribution in [3.05, 3.63) is 42.0 Å². The molecule has 0 aromatic heterocycles. The second-order valence-electron chi connectivity index (χ2n) is 17.8. The number of nitrogens with two attached hydrogens (primary N) is 1. The van der Waals surface area contributed by atoms with Gasteiger partial charge in [-0.25, -0.2) is 10.3 Å². The Bertz CT molecular complexity index is 1660. The molecule has 15 heteroatoms. The molecule has 4 aliphatic rings. The lowest BCUT2D eigenvalue weighted by Crippen LogP contribution is -2.57. The predicted octanol–water partition coefficient (Wildman–Crippen LogP) is 4.40. The molecule has 1 aromatic carbocycles. The zero-order chi connectivity index (χ0) is 43.4. The molecule has 4 fully saturated rings. The van der Waals surface area contributed by atoms with Gasteiger partial charge in [-0.2, -0.15) is 0 Å². The highest BCUT2D eigenvalue weighted by Gasteiger charge is 2.60. The third-order valence-corrected chi connectivity index (χ3v) is 13.7. The maximum Gasteiger partial charge on any atom is 0.410 e. The number of nitrogens with zero attached hydrogens (tertiary/aromatic N) is 2. The fourth-order valence-electron chi connectivity index (χ4n) is 10.3. The molecule has 5 N–H and O–H groups in total. The van der Waals surface area contributed by atoms with Crippen molar-refractivity contribution in [2.24, 2.45) is 35.3 Å². The highest BCUT2D eigenvalue weighted by atomic mass is 16.6. The molecular formula is C44H68N4O11. The molecule has 4 saturated heterocycles. The second kappa shape index (κ2) is 19.4. The van der Waals surface area contributed by atoms with E-state index in [4.69, 9.17) is 34.6 Å². The Labute approximate surface area is 349 Å². The number of hydrogen-bond acceptors (Lipinski definition) is 13. The summed E-state index contributed by atoms with van der Waals surface area (Å²) in [5.74, 6) is -3.39. The molecule has 0 radical (unpaired) electrons. The third kappa shape index (κ3) is 9.97. The minimum Gasteiger partial charge on any atom is -0.494 e. The molecule has 0 unspecified atom stereocenters. The average molecular weight is 829 g/mol. The van der Waals surface area contributed by atoms with Crippen molar-refractivity contribution in [2.75, 3.05) is 33.4 Å². The smallest absolute Gasteiger partial charge is 0.410 e. The highest BCUT2D eigenvalue weighted by Crippen LogP contribution is 2.49. The minimum atomic E-state index is -1.22. The van der Waals surface area contributed by atoms with Gasteiger partial charge in [0.05, 0.1) is 43.2 Å². The number of carbonyl (C=O) groups excluding carboxylic acids is 4. The average Bonchev–Trinajstić information content (AvgIpc) is 3.73. The Balaban J connectivity index is 1.37. The van der Waals surface area contributed by atoms with Crippen LogP contribution in [0.15, 0.2) is 36.4 Å². The molecule has 0 spiro atoms. The van der Waals surface area contributed by atoms with Gasteiger partial charge < -0.3 is 34.5 Å². The number of rotatable bonds is 13. The fourth-order valence-corrected chi connectivity index (χ4v) is 10.3. The van der Waals surface area contributed by atoms with Crippen LogP contribution in [0.3, 0.4) is 0 Å². The SMILES string of the molecule is C=C1[C@@H]2CO[C@](C)(C2)[C@H](C[C@@H]2O[C@H](C)C[C@H](N(C)Cc3ccc(OCCCC(=O)NO)cc3)[C@H]2O)[C@@H](C)C(=O)[C@@H](C)C(=O)O[C@H](CC)[C@@]2(C)OC(=O)N(CCN)[C@@H]2[C@H]1C. The van der Waals surface area contributed by atoms with Gasteiger partial charge in [0.15, 0.2) is 5.60 Å². The van der Waals surface area contributed by atoms with Crippen molar-refractivity contribution in [1.82, 2.24) is 15.3 Å². The van der Waals surface area contributed by atoms with Crippen molar-refractivity contribution in [1.29, 1.82) is 0 Å². The maximum absolute atomic E-state index is 14.4. The Morgan fingerprint density at radius 1 is 1.12 bits per heavy atom. The van der Waals surface area contributed by atoms with Crippen LogP contribution in [0, 0.1) is 29.6 Å². The third-order valence-electron chi connectivity index (χ3n) is 13.7. The summed E-state index contributed by atoms with van der Waals surface area (Å²) >= 11 is 0. The zero-order valence-electron chi connectivity index (χ0n) is 36.2. The van der Waals surface area contributed by atoms with Crippen molar-refractivity contribution < 1.29 is 53.2 Å².